The van der Waals surface area contributed by atoms with Crippen LogP contribution >= 0.6 is 33.4 Å². The third-order valence-electron chi connectivity index (χ3n) is 1.06. The van der Waals surface area contributed by atoms with E-state index in [1.807, 2.05) is 21.6 Å². The molecule has 1 aliphatic heterocycles. The maximum atomic E-state index is 5.41. The van der Waals surface area contributed by atoms with E-state index in [2.05, 4.69) is 4.84 Å². The van der Waals surface area contributed by atoms with Crippen molar-refractivity contribution in [1.29, 1.82) is 0 Å². The lowest BCUT2D eigenvalue weighted by Crippen LogP contribution is -2.25. The van der Waals surface area contributed by atoms with E-state index in [1.165, 1.54) is 12.2 Å². The second-order valence-electron chi connectivity index (χ2n) is 1.70. The number of halogens is 1. The van der Waals surface area contributed by atoms with Gasteiger partial charge in [-0.05, 0) is 18.2 Å². The molecule has 0 aromatic heterocycles. The highest BCUT2D eigenvalue weighted by molar-refractivity contribution is 8.76. The average molecular weight is 170 g/mol. The molecule has 1 N–H and O–H groups in total. The van der Waals surface area contributed by atoms with Crippen LogP contribution in [0.1, 0.15) is 6.42 Å². The second kappa shape index (κ2) is 3.88. The number of hydrogen-bond donors (Lipinski definition) is 1. The molecule has 1 atom stereocenters. The zero-order valence-corrected chi connectivity index (χ0v) is 6.78. The van der Waals surface area contributed by atoms with Crippen LogP contribution in [0.15, 0.2) is 0 Å². The van der Waals surface area contributed by atoms with Gasteiger partial charge in [-0.25, -0.2) is 4.84 Å². The first-order chi connectivity index (χ1) is 3.93. The van der Waals surface area contributed by atoms with Gasteiger partial charge in [0.1, 0.15) is 0 Å². The molecule has 0 aromatic rings. The topological polar surface area (TPSA) is 12.0 Å². The SMILES string of the molecule is ClN[C@H]1CCSSC1. The summed E-state index contributed by atoms with van der Waals surface area (Å²) in [5.74, 6) is 2.38. The largest absolute Gasteiger partial charge is 0.230 e. The smallest absolute Gasteiger partial charge is 0.0328 e. The van der Waals surface area contributed by atoms with Gasteiger partial charge in [0.15, 0.2) is 0 Å². The van der Waals surface area contributed by atoms with Crippen molar-refractivity contribution in [3.05, 3.63) is 0 Å². The van der Waals surface area contributed by atoms with Crippen molar-refractivity contribution in [1.82, 2.24) is 4.84 Å². The van der Waals surface area contributed by atoms with Crippen LogP contribution in [0.25, 0.3) is 0 Å². The fourth-order valence-electron chi connectivity index (χ4n) is 0.549. The summed E-state index contributed by atoms with van der Waals surface area (Å²) in [6.45, 7) is 0. The first kappa shape index (κ1) is 7.06. The molecule has 8 heavy (non-hydrogen) atoms. The fourth-order valence-corrected chi connectivity index (χ4v) is 3.26. The van der Waals surface area contributed by atoms with Crippen LogP contribution in [0.4, 0.5) is 0 Å². The summed E-state index contributed by atoms with van der Waals surface area (Å²) in [6, 6.07) is 0.544. The number of rotatable bonds is 1. The lowest BCUT2D eigenvalue weighted by atomic mass is 10.3. The molecule has 1 aliphatic rings. The fraction of sp³-hybridized carbons (Fsp3) is 1.00. The van der Waals surface area contributed by atoms with Gasteiger partial charge in [0.2, 0.25) is 0 Å². The van der Waals surface area contributed by atoms with Gasteiger partial charge in [0.25, 0.3) is 0 Å². The Morgan fingerprint density at radius 2 is 2.38 bits per heavy atom. The molecule has 0 amide bonds. The summed E-state index contributed by atoms with van der Waals surface area (Å²) < 4.78 is 0. The molecule has 0 aromatic carbocycles. The Labute approximate surface area is 62.4 Å². The molecule has 4 heteroatoms. The van der Waals surface area contributed by atoms with E-state index >= 15 is 0 Å². The number of hydrogen-bond acceptors (Lipinski definition) is 3. The summed E-state index contributed by atoms with van der Waals surface area (Å²) in [5, 5.41) is 0. The summed E-state index contributed by atoms with van der Waals surface area (Å²) in [4.78, 5) is 2.74. The van der Waals surface area contributed by atoms with Crippen molar-refractivity contribution in [2.45, 2.75) is 12.5 Å². The minimum Gasteiger partial charge on any atom is -0.230 e. The molecule has 0 saturated carbocycles. The second-order valence-corrected chi connectivity index (χ2v) is 4.55. The highest BCUT2D eigenvalue weighted by atomic mass is 35.5. The van der Waals surface area contributed by atoms with Crippen molar-refractivity contribution in [2.24, 2.45) is 0 Å². The Kier molecular flexibility index (Phi) is 3.42. The molecule has 1 fully saturated rings. The Balaban J connectivity index is 2.13. The van der Waals surface area contributed by atoms with E-state index in [-0.39, 0.29) is 0 Å². The average Bonchev–Trinajstić information content (AvgIpc) is 1.90. The van der Waals surface area contributed by atoms with Gasteiger partial charge in [-0.3, -0.25) is 0 Å². The highest BCUT2D eigenvalue weighted by Crippen LogP contribution is 2.29. The standard InChI is InChI=1S/C4H8ClNS2/c5-6-4-1-2-7-8-3-4/h4,6H,1-3H2/t4-/m0/s1. The predicted molar refractivity (Wildman–Crippen MR) is 42.3 cm³/mol. The molecule has 1 saturated heterocycles. The predicted octanol–water partition coefficient (Wildman–Crippen LogP) is 1.88. The summed E-state index contributed by atoms with van der Waals surface area (Å²) >= 11 is 5.41. The third-order valence-corrected chi connectivity index (χ3v) is 3.88. The van der Waals surface area contributed by atoms with Crippen LogP contribution in [0.2, 0.25) is 0 Å². The summed E-state index contributed by atoms with van der Waals surface area (Å²) in [5.41, 5.74) is 0. The Morgan fingerprint density at radius 3 is 2.75 bits per heavy atom. The monoisotopic (exact) mass is 169 g/mol. The maximum Gasteiger partial charge on any atom is 0.0328 e. The van der Waals surface area contributed by atoms with Gasteiger partial charge in [-0.2, -0.15) is 0 Å². The molecule has 1 nitrogen and oxygen atoms in total. The van der Waals surface area contributed by atoms with Crippen LogP contribution in [0.3, 0.4) is 0 Å². The first-order valence-electron chi connectivity index (χ1n) is 2.54. The van der Waals surface area contributed by atoms with Crippen LogP contribution in [0.5, 0.6) is 0 Å². The Hall–Kier alpha value is 0.950. The zero-order valence-electron chi connectivity index (χ0n) is 4.39. The molecule has 0 unspecified atom stereocenters. The van der Waals surface area contributed by atoms with Gasteiger partial charge in [0, 0.05) is 17.5 Å². The molecule has 0 aliphatic carbocycles. The van der Waals surface area contributed by atoms with Crippen LogP contribution in [-0.2, 0) is 0 Å². The molecule has 0 bridgehead atoms. The van der Waals surface area contributed by atoms with E-state index in [0.29, 0.717) is 6.04 Å². The summed E-state index contributed by atoms with van der Waals surface area (Å²) in [7, 11) is 3.83. The van der Waals surface area contributed by atoms with E-state index in [9.17, 15) is 0 Å². The van der Waals surface area contributed by atoms with Crippen LogP contribution in [0, 0.1) is 0 Å². The third kappa shape index (κ3) is 2.05. The summed E-state index contributed by atoms with van der Waals surface area (Å²) in [6.07, 6.45) is 1.21. The van der Waals surface area contributed by atoms with Crippen molar-refractivity contribution in [2.75, 3.05) is 11.5 Å². The van der Waals surface area contributed by atoms with E-state index in [1.54, 1.807) is 0 Å². The van der Waals surface area contributed by atoms with Gasteiger partial charge < -0.3 is 0 Å². The Bertz CT molecular complexity index is 65.1. The molecular formula is C4H8ClNS2. The van der Waals surface area contributed by atoms with E-state index in [0.717, 1.165) is 5.75 Å². The van der Waals surface area contributed by atoms with Crippen LogP contribution in [-0.4, -0.2) is 17.5 Å². The van der Waals surface area contributed by atoms with Gasteiger partial charge >= 0.3 is 0 Å². The quantitative estimate of drug-likeness (QED) is 0.476. The lowest BCUT2D eigenvalue weighted by molar-refractivity contribution is 0.676. The molecule has 48 valence electrons. The lowest BCUT2D eigenvalue weighted by Gasteiger charge is -2.17. The van der Waals surface area contributed by atoms with Crippen molar-refractivity contribution in [3.8, 4) is 0 Å². The normalized spacial score (nSPS) is 30.4. The van der Waals surface area contributed by atoms with Gasteiger partial charge in [0.05, 0.1) is 0 Å². The van der Waals surface area contributed by atoms with Gasteiger partial charge in [-0.15, -0.1) is 0 Å². The van der Waals surface area contributed by atoms with E-state index < -0.39 is 0 Å². The van der Waals surface area contributed by atoms with Crippen molar-refractivity contribution in [3.63, 3.8) is 0 Å². The maximum absolute atomic E-state index is 5.41. The zero-order chi connectivity index (χ0) is 5.82. The molecule has 0 radical (unpaired) electrons. The number of nitrogens with one attached hydrogen (secondary N) is 1. The molecule has 1 heterocycles. The van der Waals surface area contributed by atoms with Crippen LogP contribution < -0.4 is 4.84 Å². The van der Waals surface area contributed by atoms with Crippen molar-refractivity contribution < 1.29 is 0 Å². The molecule has 1 rings (SSSR count). The molecular weight excluding hydrogens is 162 g/mol. The Morgan fingerprint density at radius 1 is 1.50 bits per heavy atom. The van der Waals surface area contributed by atoms with E-state index in [4.69, 9.17) is 11.8 Å². The van der Waals surface area contributed by atoms with Crippen molar-refractivity contribution >= 4 is 33.4 Å². The highest BCUT2D eigenvalue weighted by Gasteiger charge is 2.11. The minimum absolute atomic E-state index is 0.544. The molecule has 0 spiro atoms. The minimum atomic E-state index is 0.544. The van der Waals surface area contributed by atoms with Gasteiger partial charge in [-0.1, -0.05) is 21.6 Å². The first-order valence-corrected chi connectivity index (χ1v) is 5.40.